The van der Waals surface area contributed by atoms with Gasteiger partial charge in [-0.1, -0.05) is 0 Å². The summed E-state index contributed by atoms with van der Waals surface area (Å²) in [6.45, 7) is 0. The van der Waals surface area contributed by atoms with Gasteiger partial charge in [0.15, 0.2) is 0 Å². The third kappa shape index (κ3) is 1.53. The Morgan fingerprint density at radius 1 is 1.33 bits per heavy atom. The van der Waals surface area contributed by atoms with Gasteiger partial charge in [0.25, 0.3) is 0 Å². The summed E-state index contributed by atoms with van der Waals surface area (Å²) in [5.41, 5.74) is 11.5. The van der Waals surface area contributed by atoms with Gasteiger partial charge in [0.05, 0.1) is 0 Å². The van der Waals surface area contributed by atoms with Gasteiger partial charge in [-0.25, -0.2) is 0 Å². The standard InChI is InChI=1S/C6H9N3/c7-5-2-1-3-9-6(8)4-5/h1-4,9H,7-8H2. The number of nitrogens with one attached hydrogen (secondary N) is 1. The van der Waals surface area contributed by atoms with Crippen LogP contribution in [0.4, 0.5) is 0 Å². The van der Waals surface area contributed by atoms with Gasteiger partial charge < -0.3 is 16.8 Å². The lowest BCUT2D eigenvalue weighted by molar-refractivity contribution is 1.03. The Kier molecular flexibility index (Phi) is 1.44. The van der Waals surface area contributed by atoms with Gasteiger partial charge in [-0.05, 0) is 12.2 Å². The lowest BCUT2D eigenvalue weighted by Gasteiger charge is -1.95. The van der Waals surface area contributed by atoms with Crippen molar-refractivity contribution in [3.63, 3.8) is 0 Å². The molecule has 5 N–H and O–H groups in total. The maximum Gasteiger partial charge on any atom is 0.102 e. The van der Waals surface area contributed by atoms with Crippen molar-refractivity contribution in [2.45, 2.75) is 0 Å². The SMILES string of the molecule is NC1=CC=CNC(N)=C1. The summed E-state index contributed by atoms with van der Waals surface area (Å²) >= 11 is 0. The van der Waals surface area contributed by atoms with Crippen molar-refractivity contribution < 1.29 is 0 Å². The number of hydrogen-bond acceptors (Lipinski definition) is 3. The van der Waals surface area contributed by atoms with E-state index in [1.807, 2.05) is 0 Å². The second kappa shape index (κ2) is 2.26. The molecule has 1 rings (SSSR count). The van der Waals surface area contributed by atoms with Crippen LogP contribution < -0.4 is 16.8 Å². The molecule has 48 valence electrons. The van der Waals surface area contributed by atoms with E-state index in [4.69, 9.17) is 11.5 Å². The van der Waals surface area contributed by atoms with Gasteiger partial charge in [-0.2, -0.15) is 0 Å². The van der Waals surface area contributed by atoms with Gasteiger partial charge in [-0.15, -0.1) is 0 Å². The summed E-state index contributed by atoms with van der Waals surface area (Å²) in [4.78, 5) is 0. The number of rotatable bonds is 0. The molecule has 0 atom stereocenters. The van der Waals surface area contributed by atoms with Crippen LogP contribution in [-0.4, -0.2) is 0 Å². The number of hydrogen-bond donors (Lipinski definition) is 3. The zero-order chi connectivity index (χ0) is 6.69. The number of allylic oxidation sites excluding steroid dienone is 3. The molecule has 0 radical (unpaired) electrons. The van der Waals surface area contributed by atoms with Crippen molar-refractivity contribution in [3.05, 3.63) is 35.9 Å². The summed E-state index contributed by atoms with van der Waals surface area (Å²) in [5.74, 6) is 0.567. The highest BCUT2D eigenvalue weighted by molar-refractivity contribution is 5.26. The molecule has 9 heavy (non-hydrogen) atoms. The summed E-state index contributed by atoms with van der Waals surface area (Å²) in [5, 5.41) is 2.80. The fourth-order valence-electron chi connectivity index (χ4n) is 0.573. The Balaban J connectivity index is 2.82. The second-order valence-corrected chi connectivity index (χ2v) is 1.77. The van der Waals surface area contributed by atoms with Crippen LogP contribution in [0.5, 0.6) is 0 Å². The van der Waals surface area contributed by atoms with Crippen molar-refractivity contribution >= 4 is 0 Å². The first-order chi connectivity index (χ1) is 4.29. The van der Waals surface area contributed by atoms with Crippen molar-refractivity contribution in [1.82, 2.24) is 5.32 Å². The minimum atomic E-state index is 0.567. The lowest BCUT2D eigenvalue weighted by atomic mass is 10.4. The molecule has 0 bridgehead atoms. The summed E-state index contributed by atoms with van der Waals surface area (Å²) < 4.78 is 0. The molecule has 0 unspecified atom stereocenters. The summed E-state index contributed by atoms with van der Waals surface area (Å²) in [7, 11) is 0. The average molecular weight is 123 g/mol. The molecular formula is C6H9N3. The van der Waals surface area contributed by atoms with E-state index in [0.29, 0.717) is 11.5 Å². The first kappa shape index (κ1) is 5.75. The quantitative estimate of drug-likeness (QED) is 0.416. The molecule has 0 amide bonds. The van der Waals surface area contributed by atoms with Crippen LogP contribution in [0.1, 0.15) is 0 Å². The van der Waals surface area contributed by atoms with E-state index in [-0.39, 0.29) is 0 Å². The van der Waals surface area contributed by atoms with E-state index >= 15 is 0 Å². The van der Waals surface area contributed by atoms with E-state index in [1.165, 1.54) is 0 Å². The molecule has 3 heteroatoms. The third-order valence-electron chi connectivity index (χ3n) is 0.957. The van der Waals surface area contributed by atoms with Crippen molar-refractivity contribution in [2.24, 2.45) is 11.5 Å². The predicted molar refractivity (Wildman–Crippen MR) is 36.8 cm³/mol. The first-order valence-electron chi connectivity index (χ1n) is 2.65. The normalized spacial score (nSPS) is 17.3. The minimum Gasteiger partial charge on any atom is -0.399 e. The van der Waals surface area contributed by atoms with Crippen LogP contribution in [0.15, 0.2) is 35.9 Å². The Morgan fingerprint density at radius 3 is 2.89 bits per heavy atom. The Hall–Kier alpha value is -1.38. The Morgan fingerprint density at radius 2 is 2.11 bits per heavy atom. The van der Waals surface area contributed by atoms with Crippen LogP contribution in [0.25, 0.3) is 0 Å². The smallest absolute Gasteiger partial charge is 0.102 e. The van der Waals surface area contributed by atoms with Crippen LogP contribution in [0.2, 0.25) is 0 Å². The molecule has 0 aliphatic carbocycles. The Bertz CT molecular complexity index is 188. The van der Waals surface area contributed by atoms with E-state index in [1.54, 1.807) is 24.4 Å². The lowest BCUT2D eigenvalue weighted by Crippen LogP contribution is -2.13. The fraction of sp³-hybridized carbons (Fsp3) is 0. The molecule has 1 aliphatic heterocycles. The number of nitrogens with two attached hydrogens (primary N) is 2. The largest absolute Gasteiger partial charge is 0.399 e. The second-order valence-electron chi connectivity index (χ2n) is 1.77. The molecular weight excluding hydrogens is 114 g/mol. The van der Waals surface area contributed by atoms with Crippen molar-refractivity contribution in [2.75, 3.05) is 0 Å². The van der Waals surface area contributed by atoms with Gasteiger partial charge in [-0.3, -0.25) is 0 Å². The highest BCUT2D eigenvalue weighted by atomic mass is 15.0. The molecule has 1 heterocycles. The van der Waals surface area contributed by atoms with Crippen molar-refractivity contribution in [1.29, 1.82) is 0 Å². The van der Waals surface area contributed by atoms with E-state index < -0.39 is 0 Å². The maximum atomic E-state index is 5.44. The zero-order valence-electron chi connectivity index (χ0n) is 4.96. The molecule has 0 aromatic rings. The van der Waals surface area contributed by atoms with Crippen LogP contribution in [0.3, 0.4) is 0 Å². The predicted octanol–water partition coefficient (Wildman–Crippen LogP) is -0.254. The highest BCUT2D eigenvalue weighted by Gasteiger charge is 1.88. The highest BCUT2D eigenvalue weighted by Crippen LogP contribution is 1.93. The summed E-state index contributed by atoms with van der Waals surface area (Å²) in [6, 6.07) is 0. The monoisotopic (exact) mass is 123 g/mol. The molecule has 0 spiro atoms. The topological polar surface area (TPSA) is 64.1 Å². The fourth-order valence-corrected chi connectivity index (χ4v) is 0.573. The molecule has 0 saturated heterocycles. The third-order valence-corrected chi connectivity index (χ3v) is 0.957. The first-order valence-corrected chi connectivity index (χ1v) is 2.65. The van der Waals surface area contributed by atoms with Gasteiger partial charge >= 0.3 is 0 Å². The molecule has 1 aliphatic rings. The minimum absolute atomic E-state index is 0.567. The molecule has 0 fully saturated rings. The van der Waals surface area contributed by atoms with E-state index in [2.05, 4.69) is 5.32 Å². The molecule has 0 saturated carbocycles. The van der Waals surface area contributed by atoms with Crippen LogP contribution >= 0.6 is 0 Å². The molecule has 3 nitrogen and oxygen atoms in total. The average Bonchev–Trinajstić information content (AvgIpc) is 1.93. The molecule has 0 aromatic carbocycles. The molecule has 0 aromatic heterocycles. The van der Waals surface area contributed by atoms with Crippen LogP contribution in [0, 0.1) is 0 Å². The van der Waals surface area contributed by atoms with Gasteiger partial charge in [0.2, 0.25) is 0 Å². The Labute approximate surface area is 53.7 Å². The van der Waals surface area contributed by atoms with Crippen LogP contribution in [-0.2, 0) is 0 Å². The van der Waals surface area contributed by atoms with Crippen molar-refractivity contribution in [3.8, 4) is 0 Å². The maximum absolute atomic E-state index is 5.44. The van der Waals surface area contributed by atoms with E-state index in [9.17, 15) is 0 Å². The van der Waals surface area contributed by atoms with E-state index in [0.717, 1.165) is 0 Å². The van der Waals surface area contributed by atoms with Gasteiger partial charge in [0, 0.05) is 18.0 Å². The van der Waals surface area contributed by atoms with Gasteiger partial charge in [0.1, 0.15) is 5.82 Å². The summed E-state index contributed by atoms with van der Waals surface area (Å²) in [6.07, 6.45) is 6.96. The zero-order valence-corrected chi connectivity index (χ0v) is 4.96.